The van der Waals surface area contributed by atoms with Gasteiger partial charge in [-0.05, 0) is 13.0 Å². The van der Waals surface area contributed by atoms with Crippen LogP contribution in [0.1, 0.15) is 12.0 Å². The van der Waals surface area contributed by atoms with E-state index in [-0.39, 0.29) is 0 Å². The molecule has 0 radical (unpaired) electrons. The number of imidazole rings is 1. The average Bonchev–Trinajstić information content (AvgIpc) is 3.00. The van der Waals surface area contributed by atoms with Gasteiger partial charge in [0.05, 0.1) is 26.1 Å². The fraction of sp³-hybridized carbons (Fsp3) is 0.462. The summed E-state index contributed by atoms with van der Waals surface area (Å²) in [5.41, 5.74) is 0.833. The van der Waals surface area contributed by atoms with Crippen molar-refractivity contribution in [3.63, 3.8) is 0 Å². The molecular formula is C13H19N5O2. The van der Waals surface area contributed by atoms with E-state index < -0.39 is 0 Å². The van der Waals surface area contributed by atoms with Crippen LogP contribution in [-0.4, -0.2) is 40.3 Å². The van der Waals surface area contributed by atoms with Gasteiger partial charge < -0.3 is 19.4 Å². The lowest BCUT2D eigenvalue weighted by atomic mass is 10.3. The van der Waals surface area contributed by atoms with Crippen molar-refractivity contribution < 1.29 is 9.47 Å². The quantitative estimate of drug-likeness (QED) is 0.722. The number of rotatable bonds is 8. The number of methoxy groups -OCH3 is 2. The second-order valence-electron chi connectivity index (χ2n) is 4.20. The maximum absolute atomic E-state index is 5.22. The Morgan fingerprint density at radius 3 is 2.55 bits per heavy atom. The van der Waals surface area contributed by atoms with Gasteiger partial charge in [0.25, 0.3) is 0 Å². The molecule has 2 aromatic rings. The van der Waals surface area contributed by atoms with Crippen molar-refractivity contribution in [2.24, 2.45) is 0 Å². The zero-order chi connectivity index (χ0) is 14.2. The molecule has 0 unspecified atom stereocenters. The first-order valence-electron chi connectivity index (χ1n) is 6.43. The van der Waals surface area contributed by atoms with Gasteiger partial charge in [-0.2, -0.15) is 0 Å². The lowest BCUT2D eigenvalue weighted by molar-refractivity contribution is 0.359. The number of hydrogen-bond acceptors (Lipinski definition) is 6. The molecule has 0 saturated heterocycles. The summed E-state index contributed by atoms with van der Waals surface area (Å²) < 4.78 is 12.5. The van der Waals surface area contributed by atoms with Crippen molar-refractivity contribution in [3.05, 3.63) is 30.6 Å². The standard InChI is InChI=1S/C13H19N5O2/c1-19-12-11(13(20-2)17-9-16-12)8-14-4-3-6-18-7-5-15-10-18/h5,7,9-10,14H,3-4,6,8H2,1-2H3. The third-order valence-corrected chi connectivity index (χ3v) is 2.88. The topological polar surface area (TPSA) is 74.1 Å². The maximum Gasteiger partial charge on any atom is 0.224 e. The minimum Gasteiger partial charge on any atom is -0.481 e. The highest BCUT2D eigenvalue weighted by Gasteiger charge is 2.11. The normalized spacial score (nSPS) is 10.5. The monoisotopic (exact) mass is 277 g/mol. The summed E-state index contributed by atoms with van der Waals surface area (Å²) in [5.74, 6) is 1.08. The number of aromatic nitrogens is 4. The summed E-state index contributed by atoms with van der Waals surface area (Å²) in [6.07, 6.45) is 7.99. The van der Waals surface area contributed by atoms with Crippen LogP contribution in [0.15, 0.2) is 25.0 Å². The van der Waals surface area contributed by atoms with Crippen LogP contribution in [0.3, 0.4) is 0 Å². The van der Waals surface area contributed by atoms with E-state index >= 15 is 0 Å². The fourth-order valence-electron chi connectivity index (χ4n) is 1.90. The molecule has 7 nitrogen and oxygen atoms in total. The summed E-state index contributed by atoms with van der Waals surface area (Å²) >= 11 is 0. The molecule has 0 amide bonds. The van der Waals surface area contributed by atoms with E-state index in [1.807, 2.05) is 12.5 Å². The Labute approximate surface area is 118 Å². The van der Waals surface area contributed by atoms with Gasteiger partial charge in [0, 0.05) is 25.5 Å². The van der Waals surface area contributed by atoms with E-state index in [2.05, 4.69) is 24.8 Å². The molecule has 1 N–H and O–H groups in total. The number of ether oxygens (including phenoxy) is 2. The average molecular weight is 277 g/mol. The second kappa shape index (κ2) is 7.44. The Bertz CT molecular complexity index is 493. The molecule has 2 rings (SSSR count). The van der Waals surface area contributed by atoms with Gasteiger partial charge >= 0.3 is 0 Å². The van der Waals surface area contributed by atoms with Crippen molar-refractivity contribution in [2.75, 3.05) is 20.8 Å². The molecule has 0 spiro atoms. The molecule has 0 aliphatic carbocycles. The largest absolute Gasteiger partial charge is 0.481 e. The zero-order valence-corrected chi connectivity index (χ0v) is 11.7. The molecular weight excluding hydrogens is 258 g/mol. The van der Waals surface area contributed by atoms with Gasteiger partial charge in [0.15, 0.2) is 0 Å². The Morgan fingerprint density at radius 1 is 1.20 bits per heavy atom. The van der Waals surface area contributed by atoms with E-state index in [4.69, 9.17) is 9.47 Å². The van der Waals surface area contributed by atoms with Gasteiger partial charge in [-0.15, -0.1) is 0 Å². The van der Waals surface area contributed by atoms with Crippen LogP contribution < -0.4 is 14.8 Å². The third kappa shape index (κ3) is 3.67. The first kappa shape index (κ1) is 14.3. The zero-order valence-electron chi connectivity index (χ0n) is 11.7. The van der Waals surface area contributed by atoms with Gasteiger partial charge in [0.2, 0.25) is 11.8 Å². The first-order chi connectivity index (χ1) is 9.85. The van der Waals surface area contributed by atoms with Gasteiger partial charge in [-0.3, -0.25) is 0 Å². The fourth-order valence-corrected chi connectivity index (χ4v) is 1.90. The van der Waals surface area contributed by atoms with Crippen LogP contribution >= 0.6 is 0 Å². The smallest absolute Gasteiger partial charge is 0.224 e. The Morgan fingerprint density at radius 2 is 1.95 bits per heavy atom. The van der Waals surface area contributed by atoms with E-state index in [1.165, 1.54) is 6.33 Å². The van der Waals surface area contributed by atoms with Crippen molar-refractivity contribution in [1.29, 1.82) is 0 Å². The van der Waals surface area contributed by atoms with Crippen molar-refractivity contribution in [2.45, 2.75) is 19.5 Å². The first-order valence-corrected chi connectivity index (χ1v) is 6.43. The van der Waals surface area contributed by atoms with E-state index in [0.29, 0.717) is 18.3 Å². The van der Waals surface area contributed by atoms with Crippen molar-refractivity contribution in [1.82, 2.24) is 24.8 Å². The van der Waals surface area contributed by atoms with E-state index in [0.717, 1.165) is 25.1 Å². The van der Waals surface area contributed by atoms with Crippen LogP contribution in [0.25, 0.3) is 0 Å². The Hall–Kier alpha value is -2.15. The summed E-state index contributed by atoms with van der Waals surface area (Å²) in [6.45, 7) is 2.42. The highest BCUT2D eigenvalue weighted by atomic mass is 16.5. The molecule has 0 aromatic carbocycles. The Kier molecular flexibility index (Phi) is 5.31. The molecule has 2 heterocycles. The molecule has 0 aliphatic rings. The molecule has 2 aromatic heterocycles. The molecule has 0 aliphatic heterocycles. The lowest BCUT2D eigenvalue weighted by Gasteiger charge is -2.11. The molecule has 0 fully saturated rings. The third-order valence-electron chi connectivity index (χ3n) is 2.88. The van der Waals surface area contributed by atoms with Crippen LogP contribution in [0, 0.1) is 0 Å². The number of hydrogen-bond donors (Lipinski definition) is 1. The predicted octanol–water partition coefficient (Wildman–Crippen LogP) is 0.870. The molecule has 108 valence electrons. The SMILES string of the molecule is COc1ncnc(OC)c1CNCCCn1ccnc1. The second-order valence-corrected chi connectivity index (χ2v) is 4.20. The van der Waals surface area contributed by atoms with E-state index in [9.17, 15) is 0 Å². The van der Waals surface area contributed by atoms with Crippen molar-refractivity contribution >= 4 is 0 Å². The molecule has 0 bridgehead atoms. The number of aryl methyl sites for hydroxylation is 1. The maximum atomic E-state index is 5.22. The van der Waals surface area contributed by atoms with Crippen molar-refractivity contribution in [3.8, 4) is 11.8 Å². The minimum absolute atomic E-state index is 0.541. The number of nitrogens with zero attached hydrogens (tertiary/aromatic N) is 4. The summed E-state index contributed by atoms with van der Waals surface area (Å²) in [5, 5.41) is 3.34. The summed E-state index contributed by atoms with van der Waals surface area (Å²) in [4.78, 5) is 12.2. The van der Waals surface area contributed by atoms with E-state index in [1.54, 1.807) is 20.4 Å². The molecule has 20 heavy (non-hydrogen) atoms. The van der Waals surface area contributed by atoms with Crippen LogP contribution in [0.5, 0.6) is 11.8 Å². The van der Waals surface area contributed by atoms with Crippen LogP contribution in [0.4, 0.5) is 0 Å². The van der Waals surface area contributed by atoms with Crippen LogP contribution in [0.2, 0.25) is 0 Å². The Balaban J connectivity index is 1.81. The predicted molar refractivity (Wildman–Crippen MR) is 73.7 cm³/mol. The highest BCUT2D eigenvalue weighted by molar-refractivity contribution is 5.34. The van der Waals surface area contributed by atoms with Gasteiger partial charge in [0.1, 0.15) is 6.33 Å². The molecule has 7 heteroatoms. The van der Waals surface area contributed by atoms with Gasteiger partial charge in [-0.1, -0.05) is 0 Å². The number of nitrogens with one attached hydrogen (secondary N) is 1. The molecule has 0 saturated carbocycles. The molecule has 0 atom stereocenters. The summed E-state index contributed by atoms with van der Waals surface area (Å²) in [7, 11) is 3.18. The van der Waals surface area contributed by atoms with Gasteiger partial charge in [-0.25, -0.2) is 15.0 Å². The minimum atomic E-state index is 0.541. The summed E-state index contributed by atoms with van der Waals surface area (Å²) in [6, 6.07) is 0. The van der Waals surface area contributed by atoms with Crippen LogP contribution in [-0.2, 0) is 13.1 Å². The highest BCUT2D eigenvalue weighted by Crippen LogP contribution is 2.22. The lowest BCUT2D eigenvalue weighted by Crippen LogP contribution is -2.18.